The maximum absolute atomic E-state index is 14.7. The van der Waals surface area contributed by atoms with E-state index >= 15 is 0 Å². The molecule has 4 aromatic rings. The van der Waals surface area contributed by atoms with E-state index in [2.05, 4.69) is 35.2 Å². The minimum Gasteiger partial charge on any atom is -0.480 e. The number of alkyl halides is 2. The summed E-state index contributed by atoms with van der Waals surface area (Å²) in [5, 5.41) is 2.86. The summed E-state index contributed by atoms with van der Waals surface area (Å²) >= 11 is 0. The highest BCUT2D eigenvalue weighted by atomic mass is 32.2. The zero-order valence-corrected chi connectivity index (χ0v) is 23.2. The molecule has 0 aliphatic heterocycles. The van der Waals surface area contributed by atoms with Gasteiger partial charge in [0.05, 0.1) is 41.9 Å². The quantitative estimate of drug-likeness (QED) is 0.309. The monoisotopic (exact) mass is 584 g/mol. The molecule has 1 atom stereocenters. The van der Waals surface area contributed by atoms with E-state index in [4.69, 9.17) is 4.74 Å². The third-order valence-corrected chi connectivity index (χ3v) is 9.24. The lowest BCUT2D eigenvalue weighted by molar-refractivity contribution is 0.0733. The lowest BCUT2D eigenvalue weighted by Gasteiger charge is -2.19. The van der Waals surface area contributed by atoms with Crippen molar-refractivity contribution < 1.29 is 21.9 Å². The van der Waals surface area contributed by atoms with Crippen LogP contribution in [-0.2, 0) is 21.9 Å². The summed E-state index contributed by atoms with van der Waals surface area (Å²) < 4.78 is 59.9. The average Bonchev–Trinajstić information content (AvgIpc) is 3.88. The predicted octanol–water partition coefficient (Wildman–Crippen LogP) is 3.08. The summed E-state index contributed by atoms with van der Waals surface area (Å²) in [5.74, 6) is -2.82. The van der Waals surface area contributed by atoms with Crippen LogP contribution in [0.2, 0.25) is 0 Å². The number of aromatic nitrogens is 7. The van der Waals surface area contributed by atoms with E-state index in [0.29, 0.717) is 17.0 Å². The molecule has 2 aliphatic rings. The van der Waals surface area contributed by atoms with Crippen molar-refractivity contribution in [2.45, 2.75) is 61.9 Å². The maximum atomic E-state index is 14.7. The van der Waals surface area contributed by atoms with Crippen molar-refractivity contribution in [1.29, 1.82) is 0 Å². The van der Waals surface area contributed by atoms with Crippen LogP contribution in [0, 0.1) is 0 Å². The Hall–Kier alpha value is -4.14. The van der Waals surface area contributed by atoms with Crippen molar-refractivity contribution in [3.8, 4) is 17.3 Å². The number of nitrogens with zero attached hydrogens (tertiary/aromatic N) is 7. The Morgan fingerprint density at radius 1 is 1.12 bits per heavy atom. The van der Waals surface area contributed by atoms with Crippen LogP contribution in [-0.4, -0.2) is 61.7 Å². The van der Waals surface area contributed by atoms with Gasteiger partial charge in [-0.25, -0.2) is 42.1 Å². The molecular formula is C26H26F2N8O4S. The molecule has 2 aliphatic carbocycles. The van der Waals surface area contributed by atoms with Crippen LogP contribution in [0.5, 0.6) is 5.88 Å². The number of hydrogen-bond acceptors (Lipinski definition) is 11. The highest BCUT2D eigenvalue weighted by Crippen LogP contribution is 2.58. The number of ether oxygens (including phenoxy) is 1. The number of rotatable bonds is 9. The zero-order valence-electron chi connectivity index (χ0n) is 22.4. The Morgan fingerprint density at radius 3 is 2.49 bits per heavy atom. The standard InChI is InChI=1S/C26H26F2N8O4S/c1-4-41(38,39)16-8-7-15(29-10-16)9-30-21-24(37)36(25(2)12-26(25,27)28)22-17(34-21)11-31-20(35-22)18-19(14-5-6-14)32-13-33-23(18)40-3/h7-8,10-11,13-14H,4-6,9,12H2,1-3H3,(H,30,34). The first-order valence-corrected chi connectivity index (χ1v) is 14.6. The second-order valence-electron chi connectivity index (χ2n) is 10.3. The molecule has 214 valence electrons. The molecule has 1 unspecified atom stereocenters. The van der Waals surface area contributed by atoms with Gasteiger partial charge in [-0.2, -0.15) is 0 Å². The lowest BCUT2D eigenvalue weighted by atomic mass is 10.1. The molecule has 0 spiro atoms. The number of nitrogens with one attached hydrogen (secondary N) is 1. The number of halogens is 2. The van der Waals surface area contributed by atoms with Gasteiger partial charge in [-0.15, -0.1) is 0 Å². The van der Waals surface area contributed by atoms with E-state index in [1.54, 1.807) is 0 Å². The fourth-order valence-corrected chi connectivity index (χ4v) is 5.58. The highest BCUT2D eigenvalue weighted by molar-refractivity contribution is 7.91. The van der Waals surface area contributed by atoms with Crippen LogP contribution < -0.4 is 15.6 Å². The van der Waals surface area contributed by atoms with Crippen molar-refractivity contribution in [3.05, 3.63) is 52.6 Å². The summed E-state index contributed by atoms with van der Waals surface area (Å²) in [7, 11) is -1.97. The molecule has 0 bridgehead atoms. The van der Waals surface area contributed by atoms with Crippen LogP contribution in [0.1, 0.15) is 50.4 Å². The Kier molecular flexibility index (Phi) is 6.24. The second-order valence-corrected chi connectivity index (χ2v) is 12.6. The van der Waals surface area contributed by atoms with Crippen LogP contribution in [0.15, 0.2) is 40.5 Å². The first kappa shape index (κ1) is 27.1. The molecule has 6 rings (SSSR count). The van der Waals surface area contributed by atoms with Crippen molar-refractivity contribution in [2.24, 2.45) is 0 Å². The first-order chi connectivity index (χ1) is 19.5. The zero-order chi connectivity index (χ0) is 29.2. The van der Waals surface area contributed by atoms with Crippen molar-refractivity contribution in [3.63, 3.8) is 0 Å². The van der Waals surface area contributed by atoms with Crippen LogP contribution in [0.3, 0.4) is 0 Å². The lowest BCUT2D eigenvalue weighted by Crippen LogP contribution is -2.35. The number of methoxy groups -OCH3 is 1. The minimum absolute atomic E-state index is 0.00442. The number of anilines is 1. The van der Waals surface area contributed by atoms with Crippen LogP contribution >= 0.6 is 0 Å². The SMILES string of the molecule is CCS(=O)(=O)c1ccc(CNc2nc3cnc(-c4c(OC)ncnc4C4CC4)nc3n(C3(C)CC3(F)F)c2=O)nc1. The molecular weight excluding hydrogens is 558 g/mol. The van der Waals surface area contributed by atoms with Gasteiger partial charge >= 0.3 is 0 Å². The second kappa shape index (κ2) is 9.46. The Labute approximate surface area is 233 Å². The average molecular weight is 585 g/mol. The van der Waals surface area contributed by atoms with Gasteiger partial charge in [-0.1, -0.05) is 6.92 Å². The Morgan fingerprint density at radius 2 is 1.88 bits per heavy atom. The molecule has 2 saturated carbocycles. The largest absolute Gasteiger partial charge is 0.480 e. The summed E-state index contributed by atoms with van der Waals surface area (Å²) in [4.78, 5) is 39.8. The van der Waals surface area contributed by atoms with Gasteiger partial charge in [0.15, 0.2) is 27.1 Å². The highest BCUT2D eigenvalue weighted by Gasteiger charge is 2.70. The third-order valence-electron chi connectivity index (χ3n) is 7.52. The molecule has 2 fully saturated rings. The summed E-state index contributed by atoms with van der Waals surface area (Å²) in [6.45, 7) is 2.83. The fourth-order valence-electron chi connectivity index (χ4n) is 4.76. The molecule has 15 heteroatoms. The van der Waals surface area contributed by atoms with Crippen molar-refractivity contribution in [1.82, 2.24) is 34.5 Å². The van der Waals surface area contributed by atoms with E-state index in [-0.39, 0.29) is 51.8 Å². The predicted molar refractivity (Wildman–Crippen MR) is 144 cm³/mol. The van der Waals surface area contributed by atoms with E-state index in [1.807, 2.05) is 0 Å². The summed E-state index contributed by atoms with van der Waals surface area (Å²) in [5.41, 5.74) is -0.960. The molecule has 12 nitrogen and oxygen atoms in total. The molecule has 0 saturated heterocycles. The summed E-state index contributed by atoms with van der Waals surface area (Å²) in [6, 6.07) is 2.93. The number of hydrogen-bond donors (Lipinski definition) is 1. The molecule has 4 aromatic heterocycles. The summed E-state index contributed by atoms with van der Waals surface area (Å²) in [6.07, 6.45) is 5.31. The molecule has 0 aromatic carbocycles. The minimum atomic E-state index is -3.42. The third kappa shape index (κ3) is 4.57. The van der Waals surface area contributed by atoms with Crippen LogP contribution in [0.25, 0.3) is 22.6 Å². The van der Waals surface area contributed by atoms with Gasteiger partial charge in [0.25, 0.3) is 11.5 Å². The molecule has 0 amide bonds. The molecule has 1 N–H and O–H groups in total. The van der Waals surface area contributed by atoms with E-state index in [9.17, 15) is 22.0 Å². The topological polar surface area (TPSA) is 155 Å². The van der Waals surface area contributed by atoms with Crippen molar-refractivity contribution >= 4 is 26.8 Å². The fraction of sp³-hybridized carbons (Fsp3) is 0.423. The van der Waals surface area contributed by atoms with E-state index in [0.717, 1.165) is 17.4 Å². The Bertz CT molecular complexity index is 1850. The first-order valence-electron chi connectivity index (χ1n) is 13.0. The van der Waals surface area contributed by atoms with Gasteiger partial charge in [0.1, 0.15) is 22.9 Å². The normalized spacial score (nSPS) is 19.7. The van der Waals surface area contributed by atoms with Crippen LogP contribution in [0.4, 0.5) is 14.6 Å². The van der Waals surface area contributed by atoms with Gasteiger partial charge in [0, 0.05) is 18.5 Å². The number of fused-ring (bicyclic) bond motifs is 1. The smallest absolute Gasteiger partial charge is 0.295 e. The number of pyridine rings is 1. The van der Waals surface area contributed by atoms with Gasteiger partial charge in [-0.05, 0) is 31.9 Å². The van der Waals surface area contributed by atoms with Crippen molar-refractivity contribution in [2.75, 3.05) is 18.2 Å². The maximum Gasteiger partial charge on any atom is 0.295 e. The molecule has 4 heterocycles. The molecule has 0 radical (unpaired) electrons. The van der Waals surface area contributed by atoms with Gasteiger partial charge in [-0.3, -0.25) is 14.3 Å². The molecule has 41 heavy (non-hydrogen) atoms. The van der Waals surface area contributed by atoms with Gasteiger partial charge < -0.3 is 10.1 Å². The van der Waals surface area contributed by atoms with E-state index < -0.39 is 33.3 Å². The Balaban J connectivity index is 1.43. The number of sulfone groups is 1. The van der Waals surface area contributed by atoms with Gasteiger partial charge in [0.2, 0.25) is 5.88 Å². The van der Waals surface area contributed by atoms with E-state index in [1.165, 1.54) is 51.8 Å².